The van der Waals surface area contributed by atoms with Gasteiger partial charge in [-0.15, -0.1) is 13.2 Å². The first-order valence-corrected chi connectivity index (χ1v) is 6.16. The minimum atomic E-state index is -4.65. The molecule has 0 amide bonds. The molecular weight excluding hydrogens is 243 g/mol. The van der Waals surface area contributed by atoms with E-state index in [1.54, 1.807) is 12.1 Å². The van der Waals surface area contributed by atoms with Gasteiger partial charge >= 0.3 is 6.36 Å². The largest absolute Gasteiger partial charge is 0.573 e. The highest BCUT2D eigenvalue weighted by Crippen LogP contribution is 2.32. The van der Waals surface area contributed by atoms with Crippen molar-refractivity contribution in [2.24, 2.45) is 0 Å². The van der Waals surface area contributed by atoms with E-state index in [-0.39, 0.29) is 11.8 Å². The van der Waals surface area contributed by atoms with Crippen LogP contribution in [-0.2, 0) is 0 Å². The molecule has 0 aromatic heterocycles. The van der Waals surface area contributed by atoms with Gasteiger partial charge in [0.25, 0.3) is 0 Å². The highest BCUT2D eigenvalue weighted by molar-refractivity contribution is 5.56. The molecule has 0 radical (unpaired) electrons. The van der Waals surface area contributed by atoms with Crippen LogP contribution in [0.4, 0.5) is 18.9 Å². The van der Waals surface area contributed by atoms with Gasteiger partial charge in [-0.1, -0.05) is 31.4 Å². The monoisotopic (exact) mass is 259 g/mol. The van der Waals surface area contributed by atoms with E-state index in [1.165, 1.54) is 18.6 Å². The smallest absolute Gasteiger partial charge is 0.404 e. The summed E-state index contributed by atoms with van der Waals surface area (Å²) in [5.74, 6) is -0.157. The van der Waals surface area contributed by atoms with Crippen LogP contribution in [0.5, 0.6) is 5.75 Å². The fraction of sp³-hybridized carbons (Fsp3) is 0.538. The summed E-state index contributed by atoms with van der Waals surface area (Å²) in [4.78, 5) is 0. The number of halogens is 3. The topological polar surface area (TPSA) is 21.3 Å². The molecule has 1 aromatic carbocycles. The molecule has 0 atom stereocenters. The van der Waals surface area contributed by atoms with Gasteiger partial charge in [-0.3, -0.25) is 0 Å². The second kappa shape index (κ2) is 5.50. The lowest BCUT2D eigenvalue weighted by Crippen LogP contribution is -2.24. The predicted molar refractivity (Wildman–Crippen MR) is 63.6 cm³/mol. The van der Waals surface area contributed by atoms with Crippen LogP contribution in [0.2, 0.25) is 0 Å². The Morgan fingerprint density at radius 2 is 1.72 bits per heavy atom. The van der Waals surface area contributed by atoms with Crippen molar-refractivity contribution in [2.75, 3.05) is 5.32 Å². The third-order valence-corrected chi connectivity index (χ3v) is 3.08. The second-order valence-electron chi connectivity index (χ2n) is 4.52. The summed E-state index contributed by atoms with van der Waals surface area (Å²) < 4.78 is 40.8. The molecule has 1 fully saturated rings. The fourth-order valence-corrected chi connectivity index (χ4v) is 2.27. The predicted octanol–water partition coefficient (Wildman–Crippen LogP) is 4.33. The number of hydrogen-bond donors (Lipinski definition) is 1. The van der Waals surface area contributed by atoms with Crippen molar-refractivity contribution in [3.8, 4) is 5.75 Å². The van der Waals surface area contributed by atoms with E-state index in [0.29, 0.717) is 5.69 Å². The van der Waals surface area contributed by atoms with E-state index >= 15 is 0 Å². The Hall–Kier alpha value is -1.39. The Morgan fingerprint density at radius 1 is 1.06 bits per heavy atom. The number of anilines is 1. The summed E-state index contributed by atoms with van der Waals surface area (Å²) in [6.45, 7) is 0. The number of benzene rings is 1. The van der Waals surface area contributed by atoms with Crippen molar-refractivity contribution in [3.63, 3.8) is 0 Å². The van der Waals surface area contributed by atoms with Crippen molar-refractivity contribution in [1.29, 1.82) is 0 Å². The lowest BCUT2D eigenvalue weighted by atomic mass is 9.95. The Labute approximate surface area is 104 Å². The van der Waals surface area contributed by atoms with Gasteiger partial charge in [0, 0.05) is 6.04 Å². The minimum absolute atomic E-state index is 0.157. The summed E-state index contributed by atoms with van der Waals surface area (Å²) >= 11 is 0. The van der Waals surface area contributed by atoms with Gasteiger partial charge < -0.3 is 10.1 Å². The van der Waals surface area contributed by atoms with E-state index in [4.69, 9.17) is 0 Å². The molecule has 2 rings (SSSR count). The van der Waals surface area contributed by atoms with Gasteiger partial charge in [0.1, 0.15) is 0 Å². The highest BCUT2D eigenvalue weighted by Gasteiger charge is 2.32. The Bertz CT molecular complexity index is 386. The van der Waals surface area contributed by atoms with E-state index < -0.39 is 6.36 Å². The first-order valence-electron chi connectivity index (χ1n) is 6.16. The molecule has 5 heteroatoms. The van der Waals surface area contributed by atoms with Crippen LogP contribution >= 0.6 is 0 Å². The van der Waals surface area contributed by atoms with Crippen molar-refractivity contribution >= 4 is 5.69 Å². The average Bonchev–Trinajstić information content (AvgIpc) is 2.31. The molecule has 1 aliphatic carbocycles. The molecule has 2 nitrogen and oxygen atoms in total. The van der Waals surface area contributed by atoms with Crippen LogP contribution in [0.3, 0.4) is 0 Å². The molecule has 0 saturated heterocycles. The van der Waals surface area contributed by atoms with Crippen molar-refractivity contribution in [3.05, 3.63) is 24.3 Å². The van der Waals surface area contributed by atoms with Crippen molar-refractivity contribution < 1.29 is 17.9 Å². The molecular formula is C13H16F3NO. The maximum absolute atomic E-state index is 12.2. The maximum Gasteiger partial charge on any atom is 0.573 e. The van der Waals surface area contributed by atoms with Crippen LogP contribution in [0.25, 0.3) is 0 Å². The van der Waals surface area contributed by atoms with E-state index in [0.717, 1.165) is 25.7 Å². The Morgan fingerprint density at radius 3 is 2.39 bits per heavy atom. The van der Waals surface area contributed by atoms with Crippen molar-refractivity contribution in [1.82, 2.24) is 0 Å². The van der Waals surface area contributed by atoms with Gasteiger partial charge in [0.15, 0.2) is 5.75 Å². The van der Waals surface area contributed by atoms with Gasteiger partial charge in [0.2, 0.25) is 0 Å². The fourth-order valence-electron chi connectivity index (χ4n) is 2.27. The summed E-state index contributed by atoms with van der Waals surface area (Å²) in [7, 11) is 0. The lowest BCUT2D eigenvalue weighted by molar-refractivity contribution is -0.274. The SMILES string of the molecule is FC(F)(F)Oc1ccccc1NC1CCCCC1. The Balaban J connectivity index is 2.06. The normalized spacial score (nSPS) is 17.5. The van der Waals surface area contributed by atoms with Crippen LogP contribution in [0, 0.1) is 0 Å². The molecule has 0 spiro atoms. The van der Waals surface area contributed by atoms with Crippen LogP contribution in [-0.4, -0.2) is 12.4 Å². The summed E-state index contributed by atoms with van der Waals surface area (Å²) in [6, 6.07) is 6.44. The van der Waals surface area contributed by atoms with Crippen molar-refractivity contribution in [2.45, 2.75) is 44.5 Å². The quantitative estimate of drug-likeness (QED) is 0.872. The van der Waals surface area contributed by atoms with Crippen LogP contribution < -0.4 is 10.1 Å². The molecule has 0 unspecified atom stereocenters. The number of para-hydroxylation sites is 2. The van der Waals surface area contributed by atoms with Crippen LogP contribution in [0.1, 0.15) is 32.1 Å². The highest BCUT2D eigenvalue weighted by atomic mass is 19.4. The summed E-state index contributed by atoms with van der Waals surface area (Å²) in [5, 5.41) is 3.15. The minimum Gasteiger partial charge on any atom is -0.404 e. The molecule has 0 aliphatic heterocycles. The molecule has 1 aromatic rings. The van der Waals surface area contributed by atoms with Gasteiger partial charge in [0.05, 0.1) is 5.69 Å². The second-order valence-corrected chi connectivity index (χ2v) is 4.52. The molecule has 18 heavy (non-hydrogen) atoms. The number of hydrogen-bond acceptors (Lipinski definition) is 2. The molecule has 0 bridgehead atoms. The average molecular weight is 259 g/mol. The molecule has 1 saturated carbocycles. The zero-order valence-corrected chi connectivity index (χ0v) is 9.96. The maximum atomic E-state index is 12.2. The zero-order valence-electron chi connectivity index (χ0n) is 9.96. The molecule has 1 N–H and O–H groups in total. The summed E-state index contributed by atoms with van der Waals surface area (Å²) in [5.41, 5.74) is 0.418. The van der Waals surface area contributed by atoms with Crippen LogP contribution in [0.15, 0.2) is 24.3 Å². The number of nitrogens with one attached hydrogen (secondary N) is 1. The number of alkyl halides is 3. The van der Waals surface area contributed by atoms with Gasteiger partial charge in [-0.25, -0.2) is 0 Å². The van der Waals surface area contributed by atoms with Gasteiger partial charge in [-0.2, -0.15) is 0 Å². The number of ether oxygens (including phenoxy) is 1. The number of rotatable bonds is 3. The first-order chi connectivity index (χ1) is 8.54. The van der Waals surface area contributed by atoms with E-state index in [1.807, 2.05) is 0 Å². The third-order valence-electron chi connectivity index (χ3n) is 3.08. The Kier molecular flexibility index (Phi) is 3.99. The zero-order chi connectivity index (χ0) is 13.0. The van der Waals surface area contributed by atoms with E-state index in [2.05, 4.69) is 10.1 Å². The molecule has 0 heterocycles. The first kappa shape index (κ1) is 13.1. The van der Waals surface area contributed by atoms with E-state index in [9.17, 15) is 13.2 Å². The third kappa shape index (κ3) is 3.82. The molecule has 1 aliphatic rings. The summed E-state index contributed by atoms with van der Waals surface area (Å²) in [6.07, 6.45) is 0.809. The van der Waals surface area contributed by atoms with Gasteiger partial charge in [-0.05, 0) is 25.0 Å². The standard InChI is InChI=1S/C13H16F3NO/c14-13(15,16)18-12-9-5-4-8-11(12)17-10-6-2-1-3-7-10/h4-5,8-10,17H,1-3,6-7H2. The lowest BCUT2D eigenvalue weighted by Gasteiger charge is -2.25. The molecule has 100 valence electrons.